The predicted molar refractivity (Wildman–Crippen MR) is 72.0 cm³/mol. The summed E-state index contributed by atoms with van der Waals surface area (Å²) in [4.78, 5) is 22.2. The van der Waals surface area contributed by atoms with Crippen LogP contribution in [0.1, 0.15) is 46.5 Å². The van der Waals surface area contributed by atoms with E-state index in [1.807, 2.05) is 6.92 Å². The quantitative estimate of drug-likeness (QED) is 0.426. The van der Waals surface area contributed by atoms with Gasteiger partial charge < -0.3 is 19.0 Å². The molecule has 0 bridgehead atoms. The van der Waals surface area contributed by atoms with Gasteiger partial charge in [-0.05, 0) is 33.6 Å². The molecular formula is C14H26O5. The Bertz CT molecular complexity index is 265. The van der Waals surface area contributed by atoms with E-state index in [-0.39, 0.29) is 24.0 Å². The van der Waals surface area contributed by atoms with Crippen molar-refractivity contribution in [1.82, 2.24) is 0 Å². The van der Waals surface area contributed by atoms with Crippen LogP contribution in [-0.4, -0.2) is 44.3 Å². The molecule has 0 spiro atoms. The molecule has 0 aliphatic heterocycles. The van der Waals surface area contributed by atoms with E-state index in [0.717, 1.165) is 6.42 Å². The van der Waals surface area contributed by atoms with Crippen molar-refractivity contribution in [3.63, 3.8) is 0 Å². The van der Waals surface area contributed by atoms with Crippen LogP contribution in [0.15, 0.2) is 0 Å². The van der Waals surface area contributed by atoms with Crippen molar-refractivity contribution in [2.45, 2.75) is 58.7 Å². The maximum absolute atomic E-state index is 11.5. The summed E-state index contributed by atoms with van der Waals surface area (Å²) in [5.41, 5.74) is 0. The molecule has 0 rings (SSSR count). The molecule has 5 heteroatoms. The van der Waals surface area contributed by atoms with E-state index in [1.54, 1.807) is 21.0 Å². The van der Waals surface area contributed by atoms with E-state index < -0.39 is 0 Å². The molecule has 2 atom stereocenters. The lowest BCUT2D eigenvalue weighted by Crippen LogP contribution is -2.23. The Labute approximate surface area is 115 Å². The van der Waals surface area contributed by atoms with Gasteiger partial charge in [0.2, 0.25) is 0 Å². The van der Waals surface area contributed by atoms with E-state index >= 15 is 0 Å². The van der Waals surface area contributed by atoms with Gasteiger partial charge in [-0.1, -0.05) is 0 Å². The van der Waals surface area contributed by atoms with Crippen LogP contribution in [0.2, 0.25) is 0 Å². The van der Waals surface area contributed by atoms with Gasteiger partial charge >= 0.3 is 5.97 Å². The lowest BCUT2D eigenvalue weighted by molar-refractivity contribution is -0.151. The van der Waals surface area contributed by atoms with Gasteiger partial charge in [-0.15, -0.1) is 0 Å². The first-order valence-electron chi connectivity index (χ1n) is 6.75. The Morgan fingerprint density at radius 3 is 2.16 bits per heavy atom. The summed E-state index contributed by atoms with van der Waals surface area (Å²) in [7, 11) is 1.62. The molecular weight excluding hydrogens is 248 g/mol. The largest absolute Gasteiger partial charge is 0.460 e. The minimum atomic E-state index is -0.260. The minimum Gasteiger partial charge on any atom is -0.460 e. The van der Waals surface area contributed by atoms with Crippen molar-refractivity contribution in [3.05, 3.63) is 0 Å². The SMILES string of the molecule is COC(C)COCC(C)OC(=O)CCCCC(C)=O. The summed E-state index contributed by atoms with van der Waals surface area (Å²) >= 11 is 0. The zero-order valence-electron chi connectivity index (χ0n) is 12.4. The highest BCUT2D eigenvalue weighted by atomic mass is 16.6. The van der Waals surface area contributed by atoms with Crippen molar-refractivity contribution in [3.8, 4) is 0 Å². The van der Waals surface area contributed by atoms with Gasteiger partial charge in [0.25, 0.3) is 0 Å². The van der Waals surface area contributed by atoms with Crippen molar-refractivity contribution < 1.29 is 23.8 Å². The van der Waals surface area contributed by atoms with Crippen LogP contribution in [0.5, 0.6) is 0 Å². The first-order chi connectivity index (χ1) is 8.95. The second-order valence-corrected chi connectivity index (χ2v) is 4.79. The van der Waals surface area contributed by atoms with Crippen molar-refractivity contribution in [1.29, 1.82) is 0 Å². The average Bonchev–Trinajstić information content (AvgIpc) is 2.34. The third-order valence-corrected chi connectivity index (χ3v) is 2.60. The summed E-state index contributed by atoms with van der Waals surface area (Å²) in [6.45, 7) is 6.11. The fraction of sp³-hybridized carbons (Fsp3) is 0.857. The highest BCUT2D eigenvalue weighted by Gasteiger charge is 2.10. The van der Waals surface area contributed by atoms with E-state index in [1.165, 1.54) is 0 Å². The van der Waals surface area contributed by atoms with Gasteiger partial charge in [0.15, 0.2) is 0 Å². The number of ketones is 1. The minimum absolute atomic E-state index is 0.0366. The number of hydrogen-bond acceptors (Lipinski definition) is 5. The maximum atomic E-state index is 11.5. The molecule has 0 radical (unpaired) electrons. The van der Waals surface area contributed by atoms with Crippen molar-refractivity contribution >= 4 is 11.8 Å². The van der Waals surface area contributed by atoms with Gasteiger partial charge in [0.1, 0.15) is 11.9 Å². The number of methoxy groups -OCH3 is 1. The fourth-order valence-corrected chi connectivity index (χ4v) is 1.43. The zero-order valence-corrected chi connectivity index (χ0v) is 12.4. The summed E-state index contributed by atoms with van der Waals surface area (Å²) in [6.07, 6.45) is 2.08. The van der Waals surface area contributed by atoms with Gasteiger partial charge in [-0.2, -0.15) is 0 Å². The number of carbonyl (C=O) groups is 2. The van der Waals surface area contributed by atoms with Crippen LogP contribution >= 0.6 is 0 Å². The summed E-state index contributed by atoms with van der Waals surface area (Å²) in [6, 6.07) is 0. The molecule has 0 saturated carbocycles. The number of ether oxygens (including phenoxy) is 3. The van der Waals surface area contributed by atoms with E-state index in [4.69, 9.17) is 14.2 Å². The fourth-order valence-electron chi connectivity index (χ4n) is 1.43. The second-order valence-electron chi connectivity index (χ2n) is 4.79. The average molecular weight is 274 g/mol. The number of Topliss-reactive ketones (excluding diaryl/α,β-unsaturated/α-hetero) is 1. The third-order valence-electron chi connectivity index (χ3n) is 2.60. The Hall–Kier alpha value is -0.940. The molecule has 0 aromatic carbocycles. The second kappa shape index (κ2) is 10.9. The Morgan fingerprint density at radius 1 is 1.00 bits per heavy atom. The molecule has 0 aromatic rings. The Morgan fingerprint density at radius 2 is 1.58 bits per heavy atom. The summed E-state index contributed by atoms with van der Waals surface area (Å²) in [5, 5.41) is 0. The first kappa shape index (κ1) is 18.1. The van der Waals surface area contributed by atoms with Crippen molar-refractivity contribution in [2.75, 3.05) is 20.3 Å². The van der Waals surface area contributed by atoms with E-state index in [0.29, 0.717) is 32.5 Å². The first-order valence-corrected chi connectivity index (χ1v) is 6.75. The Kier molecular flexibility index (Phi) is 10.4. The molecule has 0 aromatic heterocycles. The maximum Gasteiger partial charge on any atom is 0.306 e. The molecule has 0 aliphatic carbocycles. The normalized spacial score (nSPS) is 13.9. The van der Waals surface area contributed by atoms with Crippen LogP contribution in [0.4, 0.5) is 0 Å². The van der Waals surface area contributed by atoms with Crippen LogP contribution < -0.4 is 0 Å². The summed E-state index contributed by atoms with van der Waals surface area (Å²) in [5.74, 6) is -0.0816. The molecule has 0 N–H and O–H groups in total. The number of unbranched alkanes of at least 4 members (excludes halogenated alkanes) is 1. The van der Waals surface area contributed by atoms with E-state index in [9.17, 15) is 9.59 Å². The zero-order chi connectivity index (χ0) is 14.7. The number of rotatable bonds is 11. The number of esters is 1. The highest BCUT2D eigenvalue weighted by molar-refractivity contribution is 5.75. The lowest BCUT2D eigenvalue weighted by atomic mass is 10.1. The molecule has 0 saturated heterocycles. The number of carbonyl (C=O) groups excluding carboxylic acids is 2. The van der Waals surface area contributed by atoms with E-state index in [2.05, 4.69) is 0 Å². The van der Waals surface area contributed by atoms with Crippen molar-refractivity contribution in [2.24, 2.45) is 0 Å². The molecule has 5 nitrogen and oxygen atoms in total. The standard InChI is InChI=1S/C14H26O5/c1-11(15)7-5-6-8-14(16)19-13(3)10-18-9-12(2)17-4/h12-13H,5-10H2,1-4H3. The van der Waals surface area contributed by atoms with Crippen LogP contribution in [-0.2, 0) is 23.8 Å². The third kappa shape index (κ3) is 11.9. The van der Waals surface area contributed by atoms with Gasteiger partial charge in [-0.25, -0.2) is 0 Å². The highest BCUT2D eigenvalue weighted by Crippen LogP contribution is 2.04. The number of hydrogen-bond donors (Lipinski definition) is 0. The summed E-state index contributed by atoms with van der Waals surface area (Å²) < 4.78 is 15.6. The van der Waals surface area contributed by atoms with Crippen LogP contribution in [0.25, 0.3) is 0 Å². The molecule has 0 fully saturated rings. The molecule has 2 unspecified atom stereocenters. The monoisotopic (exact) mass is 274 g/mol. The van der Waals surface area contributed by atoms with Gasteiger partial charge in [-0.3, -0.25) is 4.79 Å². The van der Waals surface area contributed by atoms with Crippen LogP contribution in [0, 0.1) is 0 Å². The van der Waals surface area contributed by atoms with Gasteiger partial charge in [0, 0.05) is 20.0 Å². The molecule has 0 heterocycles. The van der Waals surface area contributed by atoms with Crippen LogP contribution in [0.3, 0.4) is 0 Å². The smallest absolute Gasteiger partial charge is 0.306 e. The Balaban J connectivity index is 3.55. The predicted octanol–water partition coefficient (Wildman–Crippen LogP) is 2.12. The molecule has 0 aliphatic rings. The molecule has 19 heavy (non-hydrogen) atoms. The topological polar surface area (TPSA) is 61.8 Å². The molecule has 0 amide bonds. The molecule has 112 valence electrons. The lowest BCUT2D eigenvalue weighted by Gasteiger charge is -2.15. The van der Waals surface area contributed by atoms with Gasteiger partial charge in [0.05, 0.1) is 19.3 Å².